The maximum absolute atomic E-state index is 13.0. The summed E-state index contributed by atoms with van der Waals surface area (Å²) in [6.07, 6.45) is 0.842. The van der Waals surface area contributed by atoms with Crippen molar-refractivity contribution in [1.29, 1.82) is 0 Å². The van der Waals surface area contributed by atoms with Crippen LogP contribution in [-0.4, -0.2) is 15.5 Å². The predicted octanol–water partition coefficient (Wildman–Crippen LogP) is 3.77. The smallest absolute Gasteiger partial charge is 0.251 e. The van der Waals surface area contributed by atoms with Crippen LogP contribution in [0.4, 0.5) is 4.39 Å². The first-order chi connectivity index (χ1) is 11.5. The summed E-state index contributed by atoms with van der Waals surface area (Å²) in [4.78, 5) is 17.0. The highest BCUT2D eigenvalue weighted by Gasteiger charge is 2.14. The third-order valence-corrected chi connectivity index (χ3v) is 4.27. The van der Waals surface area contributed by atoms with Crippen LogP contribution in [0.15, 0.2) is 42.5 Å². The van der Waals surface area contributed by atoms with Crippen LogP contribution >= 0.6 is 0 Å². The number of fused-ring (bicyclic) bond motifs is 1. The summed E-state index contributed by atoms with van der Waals surface area (Å²) in [5.74, 6) is 0.532. The molecule has 0 aliphatic heterocycles. The van der Waals surface area contributed by atoms with Gasteiger partial charge in [-0.15, -0.1) is 0 Å². The lowest BCUT2D eigenvalue weighted by molar-refractivity contribution is 0.0940. The van der Waals surface area contributed by atoms with Crippen LogP contribution < -0.4 is 5.32 Å². The molecule has 2 aromatic carbocycles. The number of halogens is 1. The molecule has 1 aromatic heterocycles. The monoisotopic (exact) mass is 325 g/mol. The van der Waals surface area contributed by atoms with E-state index in [1.807, 2.05) is 24.6 Å². The Hall–Kier alpha value is -2.69. The fraction of sp³-hybridized carbons (Fsp3) is 0.263. The molecule has 0 saturated heterocycles. The number of aryl methyl sites for hydroxylation is 2. The molecule has 1 unspecified atom stereocenters. The molecule has 0 spiro atoms. The predicted molar refractivity (Wildman–Crippen MR) is 92.4 cm³/mol. The van der Waals surface area contributed by atoms with E-state index >= 15 is 0 Å². The maximum atomic E-state index is 13.0. The first kappa shape index (κ1) is 16.2. The Bertz CT molecular complexity index is 884. The third kappa shape index (κ3) is 3.02. The van der Waals surface area contributed by atoms with Crippen LogP contribution in [0.5, 0.6) is 0 Å². The molecule has 0 bridgehead atoms. The Kier molecular flexibility index (Phi) is 4.34. The lowest BCUT2D eigenvalue weighted by Gasteiger charge is -2.14. The van der Waals surface area contributed by atoms with E-state index in [-0.39, 0.29) is 17.8 Å². The highest BCUT2D eigenvalue weighted by atomic mass is 19.1. The first-order valence-corrected chi connectivity index (χ1v) is 8.01. The van der Waals surface area contributed by atoms with Gasteiger partial charge in [0.15, 0.2) is 0 Å². The molecule has 1 N–H and O–H groups in total. The van der Waals surface area contributed by atoms with Gasteiger partial charge in [0.05, 0.1) is 17.1 Å². The number of hydrogen-bond donors (Lipinski definition) is 1. The normalized spacial score (nSPS) is 12.3. The number of hydrogen-bond acceptors (Lipinski definition) is 2. The summed E-state index contributed by atoms with van der Waals surface area (Å²) < 4.78 is 15.0. The van der Waals surface area contributed by atoms with Crippen LogP contribution in [0.1, 0.15) is 41.6 Å². The Labute approximate surface area is 140 Å². The molecular formula is C19H20FN3O. The molecule has 1 amide bonds. The zero-order valence-corrected chi connectivity index (χ0v) is 14.0. The van der Waals surface area contributed by atoms with Crippen molar-refractivity contribution in [2.45, 2.75) is 26.3 Å². The standard InChI is InChI=1S/C19H20FN3O/c1-4-18-22-16-11-14(7-10-17(16)23(18)3)19(24)21-12(2)13-5-8-15(20)9-6-13/h5-12H,4H2,1-3H3,(H,21,24). The second-order valence-electron chi connectivity index (χ2n) is 5.89. The van der Waals surface area contributed by atoms with Gasteiger partial charge >= 0.3 is 0 Å². The minimum Gasteiger partial charge on any atom is -0.346 e. The van der Waals surface area contributed by atoms with E-state index in [1.54, 1.807) is 24.3 Å². The van der Waals surface area contributed by atoms with Crippen LogP contribution in [0.3, 0.4) is 0 Å². The summed E-state index contributed by atoms with van der Waals surface area (Å²) >= 11 is 0. The molecule has 0 radical (unpaired) electrons. The van der Waals surface area contributed by atoms with Crippen molar-refractivity contribution in [3.05, 3.63) is 65.2 Å². The molecule has 3 aromatic rings. The minimum atomic E-state index is -0.287. The van der Waals surface area contributed by atoms with Crippen molar-refractivity contribution in [1.82, 2.24) is 14.9 Å². The molecule has 1 heterocycles. The summed E-state index contributed by atoms with van der Waals surface area (Å²) in [6.45, 7) is 3.93. The van der Waals surface area contributed by atoms with Gasteiger partial charge in [-0.25, -0.2) is 9.37 Å². The Balaban J connectivity index is 1.81. The zero-order chi connectivity index (χ0) is 17.3. The Morgan fingerprint density at radius 1 is 1.25 bits per heavy atom. The van der Waals surface area contributed by atoms with E-state index in [2.05, 4.69) is 17.2 Å². The number of imidazole rings is 1. The van der Waals surface area contributed by atoms with Crippen molar-refractivity contribution in [3.63, 3.8) is 0 Å². The largest absolute Gasteiger partial charge is 0.346 e. The number of amides is 1. The lowest BCUT2D eigenvalue weighted by atomic mass is 10.1. The third-order valence-electron chi connectivity index (χ3n) is 4.27. The summed E-state index contributed by atoms with van der Waals surface area (Å²) in [6, 6.07) is 11.5. The highest BCUT2D eigenvalue weighted by Crippen LogP contribution is 2.19. The van der Waals surface area contributed by atoms with Gasteiger partial charge in [-0.2, -0.15) is 0 Å². The van der Waals surface area contributed by atoms with E-state index in [0.29, 0.717) is 5.56 Å². The molecule has 3 rings (SSSR count). The fourth-order valence-corrected chi connectivity index (χ4v) is 2.82. The Morgan fingerprint density at radius 2 is 1.96 bits per heavy atom. The van der Waals surface area contributed by atoms with Crippen LogP contribution in [0, 0.1) is 5.82 Å². The van der Waals surface area contributed by atoms with Crippen molar-refractivity contribution >= 4 is 16.9 Å². The minimum absolute atomic E-state index is 0.169. The number of nitrogens with one attached hydrogen (secondary N) is 1. The topological polar surface area (TPSA) is 46.9 Å². The van der Waals surface area contributed by atoms with E-state index in [9.17, 15) is 9.18 Å². The molecule has 0 saturated carbocycles. The summed E-state index contributed by atoms with van der Waals surface area (Å²) in [5, 5.41) is 2.94. The molecule has 0 fully saturated rings. The van der Waals surface area contributed by atoms with Gasteiger partial charge in [-0.05, 0) is 42.8 Å². The first-order valence-electron chi connectivity index (χ1n) is 8.01. The van der Waals surface area contributed by atoms with Crippen molar-refractivity contribution < 1.29 is 9.18 Å². The van der Waals surface area contributed by atoms with Gasteiger partial charge < -0.3 is 9.88 Å². The number of carbonyl (C=O) groups is 1. The van der Waals surface area contributed by atoms with Crippen LogP contribution in [0.2, 0.25) is 0 Å². The van der Waals surface area contributed by atoms with Crippen LogP contribution in [-0.2, 0) is 13.5 Å². The van der Waals surface area contributed by atoms with Crippen molar-refractivity contribution in [2.24, 2.45) is 7.05 Å². The molecule has 5 heteroatoms. The van der Waals surface area contributed by atoms with Crippen molar-refractivity contribution in [2.75, 3.05) is 0 Å². The number of aromatic nitrogens is 2. The summed E-state index contributed by atoms with van der Waals surface area (Å²) in [5.41, 5.74) is 3.25. The van der Waals surface area contributed by atoms with Crippen LogP contribution in [0.25, 0.3) is 11.0 Å². The average Bonchev–Trinajstić information content (AvgIpc) is 2.91. The maximum Gasteiger partial charge on any atom is 0.251 e. The zero-order valence-electron chi connectivity index (χ0n) is 14.0. The highest BCUT2D eigenvalue weighted by molar-refractivity contribution is 5.97. The lowest BCUT2D eigenvalue weighted by Crippen LogP contribution is -2.26. The molecule has 124 valence electrons. The number of nitrogens with zero attached hydrogens (tertiary/aromatic N) is 2. The molecule has 24 heavy (non-hydrogen) atoms. The van der Waals surface area contributed by atoms with Crippen molar-refractivity contribution in [3.8, 4) is 0 Å². The average molecular weight is 325 g/mol. The number of rotatable bonds is 4. The molecule has 0 aliphatic rings. The molecule has 1 atom stereocenters. The Morgan fingerprint density at radius 3 is 2.62 bits per heavy atom. The van der Waals surface area contributed by atoms with Gasteiger partial charge in [-0.1, -0.05) is 19.1 Å². The van der Waals surface area contributed by atoms with Gasteiger partial charge in [0.1, 0.15) is 11.6 Å². The molecule has 4 nitrogen and oxygen atoms in total. The summed E-state index contributed by atoms with van der Waals surface area (Å²) in [7, 11) is 1.98. The number of benzene rings is 2. The van der Waals surface area contributed by atoms with Gasteiger partial charge in [0, 0.05) is 19.0 Å². The molecular weight excluding hydrogens is 305 g/mol. The van der Waals surface area contributed by atoms with Gasteiger partial charge in [-0.3, -0.25) is 4.79 Å². The quantitative estimate of drug-likeness (QED) is 0.794. The van der Waals surface area contributed by atoms with E-state index in [4.69, 9.17) is 0 Å². The van der Waals surface area contributed by atoms with E-state index in [1.165, 1.54) is 12.1 Å². The SMILES string of the molecule is CCc1nc2cc(C(=O)NC(C)c3ccc(F)cc3)ccc2n1C. The fourth-order valence-electron chi connectivity index (χ4n) is 2.82. The van der Waals surface area contributed by atoms with E-state index < -0.39 is 0 Å². The van der Waals surface area contributed by atoms with Gasteiger partial charge in [0.25, 0.3) is 5.91 Å². The van der Waals surface area contributed by atoms with Gasteiger partial charge in [0.2, 0.25) is 0 Å². The second-order valence-corrected chi connectivity index (χ2v) is 5.89. The second kappa shape index (κ2) is 6.43. The number of carbonyl (C=O) groups excluding carboxylic acids is 1. The van der Waals surface area contributed by atoms with E-state index in [0.717, 1.165) is 28.8 Å². The molecule has 0 aliphatic carbocycles.